The second kappa shape index (κ2) is 9.12. The number of rotatable bonds is 9. The number of nitrogens with one attached hydrogen (secondary N) is 1. The fourth-order valence-corrected chi connectivity index (χ4v) is 6.33. The number of hydrogen-bond donors (Lipinski definition) is 3. The SMILES string of the molecule is COc1cc(F)c(F)cc1C(Nc1ccc(I)cc1F)S(=O)(=O)C1(CC(O)CO)CC1. The zero-order chi connectivity index (χ0) is 23.0. The van der Waals surface area contributed by atoms with Crippen LogP contribution in [0.4, 0.5) is 18.9 Å². The Morgan fingerprint density at radius 2 is 1.81 bits per heavy atom. The lowest BCUT2D eigenvalue weighted by atomic mass is 10.1. The first-order valence-electron chi connectivity index (χ1n) is 9.31. The lowest BCUT2D eigenvalue weighted by molar-refractivity contribution is 0.0857. The lowest BCUT2D eigenvalue weighted by Crippen LogP contribution is -2.36. The fourth-order valence-electron chi connectivity index (χ4n) is 3.48. The molecule has 0 spiro atoms. The summed E-state index contributed by atoms with van der Waals surface area (Å²) in [6, 6.07) is 5.51. The summed E-state index contributed by atoms with van der Waals surface area (Å²) in [6.07, 6.45) is -1.12. The van der Waals surface area contributed by atoms with Crippen molar-refractivity contribution in [1.82, 2.24) is 0 Å². The van der Waals surface area contributed by atoms with Gasteiger partial charge in [-0.25, -0.2) is 21.6 Å². The maximum Gasteiger partial charge on any atom is 0.181 e. The Balaban J connectivity index is 2.15. The van der Waals surface area contributed by atoms with Gasteiger partial charge in [-0.3, -0.25) is 0 Å². The van der Waals surface area contributed by atoms with Crippen LogP contribution in [0.2, 0.25) is 0 Å². The molecule has 2 atom stereocenters. The van der Waals surface area contributed by atoms with Crippen LogP contribution in [0.1, 0.15) is 30.2 Å². The fraction of sp³-hybridized carbons (Fsp3) is 0.400. The van der Waals surface area contributed by atoms with Crippen molar-refractivity contribution in [3.05, 3.63) is 56.9 Å². The molecule has 3 rings (SSSR count). The molecule has 31 heavy (non-hydrogen) atoms. The standard InChI is InChI=1S/C20H21F3INO5S/c1-30-18-8-15(22)14(21)7-13(18)19(25-17-3-2-11(24)6-16(17)23)31(28,29)20(4-5-20)9-12(27)10-26/h2-3,6-8,12,19,25-27H,4-5,9-10H2,1H3. The number of hydrogen-bond acceptors (Lipinski definition) is 6. The average Bonchev–Trinajstić information content (AvgIpc) is 3.50. The van der Waals surface area contributed by atoms with Crippen molar-refractivity contribution in [1.29, 1.82) is 0 Å². The molecule has 1 saturated carbocycles. The number of sulfone groups is 1. The van der Waals surface area contributed by atoms with Gasteiger partial charge in [0.2, 0.25) is 0 Å². The normalized spacial score (nSPS) is 17.1. The van der Waals surface area contributed by atoms with Crippen LogP contribution in [0.5, 0.6) is 5.75 Å². The Morgan fingerprint density at radius 3 is 2.35 bits per heavy atom. The van der Waals surface area contributed by atoms with E-state index < -0.39 is 50.1 Å². The van der Waals surface area contributed by atoms with Gasteiger partial charge in [0, 0.05) is 15.2 Å². The predicted octanol–water partition coefficient (Wildman–Crippen LogP) is 3.52. The molecule has 11 heteroatoms. The van der Waals surface area contributed by atoms with Gasteiger partial charge in [0.05, 0.1) is 30.3 Å². The number of aliphatic hydroxyl groups is 2. The third-order valence-electron chi connectivity index (χ3n) is 5.31. The number of methoxy groups -OCH3 is 1. The molecule has 1 fully saturated rings. The Morgan fingerprint density at radius 1 is 1.16 bits per heavy atom. The van der Waals surface area contributed by atoms with E-state index in [2.05, 4.69) is 5.32 Å². The monoisotopic (exact) mass is 571 g/mol. The van der Waals surface area contributed by atoms with E-state index in [0.29, 0.717) is 9.64 Å². The van der Waals surface area contributed by atoms with Crippen molar-refractivity contribution in [3.63, 3.8) is 0 Å². The smallest absolute Gasteiger partial charge is 0.181 e. The van der Waals surface area contributed by atoms with Gasteiger partial charge < -0.3 is 20.3 Å². The van der Waals surface area contributed by atoms with Crippen molar-refractivity contribution in [2.24, 2.45) is 0 Å². The number of aliphatic hydroxyl groups excluding tert-OH is 2. The maximum atomic E-state index is 14.5. The van der Waals surface area contributed by atoms with Gasteiger partial charge >= 0.3 is 0 Å². The zero-order valence-electron chi connectivity index (χ0n) is 16.4. The van der Waals surface area contributed by atoms with Crippen LogP contribution < -0.4 is 10.1 Å². The van der Waals surface area contributed by atoms with Crippen molar-refractivity contribution in [2.45, 2.75) is 35.5 Å². The van der Waals surface area contributed by atoms with Gasteiger partial charge in [-0.2, -0.15) is 0 Å². The van der Waals surface area contributed by atoms with Crippen LogP contribution >= 0.6 is 22.6 Å². The largest absolute Gasteiger partial charge is 0.496 e. The summed E-state index contributed by atoms with van der Waals surface area (Å²) >= 11 is 1.89. The van der Waals surface area contributed by atoms with Crippen molar-refractivity contribution >= 4 is 38.1 Å². The summed E-state index contributed by atoms with van der Waals surface area (Å²) in [7, 11) is -3.08. The molecule has 0 saturated heterocycles. The Kier molecular flexibility index (Phi) is 7.08. The molecular formula is C20H21F3INO5S. The summed E-state index contributed by atoms with van der Waals surface area (Å²) in [5.41, 5.74) is -0.386. The van der Waals surface area contributed by atoms with Gasteiger partial charge in [0.1, 0.15) is 11.6 Å². The minimum atomic E-state index is -4.25. The van der Waals surface area contributed by atoms with Gasteiger partial charge in [-0.05, 0) is 66.1 Å². The van der Waals surface area contributed by atoms with Crippen molar-refractivity contribution < 1.29 is 36.5 Å². The van der Waals surface area contributed by atoms with E-state index in [0.717, 1.165) is 6.07 Å². The summed E-state index contributed by atoms with van der Waals surface area (Å²) in [4.78, 5) is 0. The van der Waals surface area contributed by atoms with Crippen molar-refractivity contribution in [2.75, 3.05) is 19.0 Å². The minimum absolute atomic E-state index is 0.153. The number of ether oxygens (including phenoxy) is 1. The van der Waals surface area contributed by atoms with Gasteiger partial charge in [0.15, 0.2) is 26.8 Å². The average molecular weight is 571 g/mol. The third kappa shape index (κ3) is 4.78. The van der Waals surface area contributed by atoms with Gasteiger partial charge in [-0.15, -0.1) is 0 Å². The molecule has 1 aliphatic rings. The topological polar surface area (TPSA) is 95.9 Å². The molecule has 0 aliphatic heterocycles. The highest BCUT2D eigenvalue weighted by molar-refractivity contribution is 14.1. The molecule has 0 bridgehead atoms. The number of benzene rings is 2. The molecule has 6 nitrogen and oxygen atoms in total. The maximum absolute atomic E-state index is 14.5. The highest BCUT2D eigenvalue weighted by Gasteiger charge is 2.58. The molecule has 0 heterocycles. The molecule has 0 amide bonds. The van der Waals surface area contributed by atoms with Crippen LogP contribution in [-0.4, -0.2) is 43.2 Å². The van der Waals surface area contributed by atoms with E-state index in [1.165, 1.54) is 19.2 Å². The molecule has 0 radical (unpaired) electrons. The molecule has 2 unspecified atom stereocenters. The highest BCUT2D eigenvalue weighted by atomic mass is 127. The number of anilines is 1. The van der Waals surface area contributed by atoms with E-state index >= 15 is 0 Å². The zero-order valence-corrected chi connectivity index (χ0v) is 19.4. The molecule has 0 aromatic heterocycles. The minimum Gasteiger partial charge on any atom is -0.496 e. The molecule has 2 aromatic rings. The van der Waals surface area contributed by atoms with Crippen LogP contribution in [-0.2, 0) is 9.84 Å². The first kappa shape index (κ1) is 24.1. The molecule has 3 N–H and O–H groups in total. The Bertz CT molecular complexity index is 1080. The van der Waals surface area contributed by atoms with E-state index in [1.807, 2.05) is 22.6 Å². The van der Waals surface area contributed by atoms with E-state index in [4.69, 9.17) is 4.74 Å². The van der Waals surface area contributed by atoms with Crippen molar-refractivity contribution in [3.8, 4) is 5.75 Å². The Labute approximate surface area is 191 Å². The first-order valence-corrected chi connectivity index (χ1v) is 11.9. The summed E-state index contributed by atoms with van der Waals surface area (Å²) < 4.78 is 74.0. The van der Waals surface area contributed by atoms with Gasteiger partial charge in [0.25, 0.3) is 0 Å². The highest BCUT2D eigenvalue weighted by Crippen LogP contribution is 2.53. The molecular weight excluding hydrogens is 550 g/mol. The second-order valence-electron chi connectivity index (χ2n) is 7.43. The second-order valence-corrected chi connectivity index (χ2v) is 11.1. The van der Waals surface area contributed by atoms with Crippen LogP contribution in [0.15, 0.2) is 30.3 Å². The van der Waals surface area contributed by atoms with Crippen LogP contribution in [0.3, 0.4) is 0 Å². The molecule has 1 aliphatic carbocycles. The lowest BCUT2D eigenvalue weighted by Gasteiger charge is -2.28. The summed E-state index contributed by atoms with van der Waals surface area (Å²) in [5, 5.41) is 20.0. The quantitative estimate of drug-likeness (QED) is 0.399. The first-order chi connectivity index (χ1) is 14.5. The van der Waals surface area contributed by atoms with E-state index in [-0.39, 0.29) is 36.3 Å². The Hall–Kier alpha value is -1.57. The third-order valence-corrected chi connectivity index (χ3v) is 8.76. The predicted molar refractivity (Wildman–Crippen MR) is 117 cm³/mol. The summed E-state index contributed by atoms with van der Waals surface area (Å²) in [5.74, 6) is -3.48. The van der Waals surface area contributed by atoms with Gasteiger partial charge in [-0.1, -0.05) is 0 Å². The number of halogens is 4. The van der Waals surface area contributed by atoms with E-state index in [9.17, 15) is 31.8 Å². The van der Waals surface area contributed by atoms with Crippen LogP contribution in [0.25, 0.3) is 0 Å². The molecule has 170 valence electrons. The van der Waals surface area contributed by atoms with Crippen LogP contribution in [0, 0.1) is 21.0 Å². The molecule has 2 aromatic carbocycles. The van der Waals surface area contributed by atoms with E-state index in [1.54, 1.807) is 6.07 Å². The summed E-state index contributed by atoms with van der Waals surface area (Å²) in [6.45, 7) is -0.629.